The summed E-state index contributed by atoms with van der Waals surface area (Å²) in [6.07, 6.45) is 5.34. The Labute approximate surface area is 89.0 Å². The molecule has 0 aromatic heterocycles. The number of piperidine rings is 1. The molecule has 0 amide bonds. The van der Waals surface area contributed by atoms with Gasteiger partial charge in [0.1, 0.15) is 0 Å². The lowest BCUT2D eigenvalue weighted by atomic mass is 9.89. The van der Waals surface area contributed by atoms with Gasteiger partial charge in [-0.3, -0.25) is 0 Å². The molecule has 0 spiro atoms. The van der Waals surface area contributed by atoms with Gasteiger partial charge in [-0.05, 0) is 45.6 Å². The second kappa shape index (κ2) is 5.55. The maximum absolute atomic E-state index is 3.62. The van der Waals surface area contributed by atoms with Gasteiger partial charge in [0, 0.05) is 6.04 Å². The van der Waals surface area contributed by atoms with Crippen molar-refractivity contribution in [3.63, 3.8) is 0 Å². The molecular weight excluding hydrogens is 170 g/mol. The summed E-state index contributed by atoms with van der Waals surface area (Å²) in [5.74, 6) is 0.749. The quantitative estimate of drug-likeness (QED) is 0.680. The minimum absolute atomic E-state index is 0.665. The highest BCUT2D eigenvalue weighted by Crippen LogP contribution is 2.23. The second-order valence-corrected chi connectivity index (χ2v) is 4.68. The van der Waals surface area contributed by atoms with Gasteiger partial charge in [0.2, 0.25) is 0 Å². The van der Waals surface area contributed by atoms with Crippen LogP contribution in [0.3, 0.4) is 0 Å². The molecule has 14 heavy (non-hydrogen) atoms. The van der Waals surface area contributed by atoms with E-state index in [4.69, 9.17) is 0 Å². The fraction of sp³-hybridized carbons (Fsp3) is 0.846. The molecule has 82 valence electrons. The number of allylic oxidation sites excluding steroid dienone is 1. The van der Waals surface area contributed by atoms with Gasteiger partial charge in [0.15, 0.2) is 0 Å². The lowest BCUT2D eigenvalue weighted by Crippen LogP contribution is -2.35. The van der Waals surface area contributed by atoms with E-state index in [1.807, 2.05) is 0 Å². The smallest absolute Gasteiger partial charge is 0.0279 e. The van der Waals surface area contributed by atoms with Crippen LogP contribution in [0.15, 0.2) is 11.1 Å². The summed E-state index contributed by atoms with van der Waals surface area (Å²) in [6.45, 7) is 10.4. The molecule has 1 N–H and O–H groups in total. The second-order valence-electron chi connectivity index (χ2n) is 4.68. The first kappa shape index (κ1) is 11.8. The Morgan fingerprint density at radius 3 is 2.57 bits per heavy atom. The minimum atomic E-state index is 0.665. The van der Waals surface area contributed by atoms with Crippen LogP contribution in [0.25, 0.3) is 0 Å². The van der Waals surface area contributed by atoms with Gasteiger partial charge >= 0.3 is 0 Å². The SMILES string of the molecule is CCC(C)/C(C)=C(\C)C1CCCCN1. The van der Waals surface area contributed by atoms with Gasteiger partial charge in [-0.2, -0.15) is 0 Å². The zero-order chi connectivity index (χ0) is 10.6. The predicted molar refractivity (Wildman–Crippen MR) is 63.5 cm³/mol. The molecular formula is C13H25N. The van der Waals surface area contributed by atoms with Gasteiger partial charge in [0.25, 0.3) is 0 Å². The number of nitrogens with one attached hydrogen (secondary N) is 1. The molecule has 1 heteroatoms. The molecule has 0 bridgehead atoms. The van der Waals surface area contributed by atoms with E-state index in [0.717, 1.165) is 5.92 Å². The molecule has 0 saturated carbocycles. The van der Waals surface area contributed by atoms with Gasteiger partial charge in [-0.1, -0.05) is 31.4 Å². The number of hydrogen-bond acceptors (Lipinski definition) is 1. The van der Waals surface area contributed by atoms with Crippen molar-refractivity contribution >= 4 is 0 Å². The Hall–Kier alpha value is -0.300. The predicted octanol–water partition coefficient (Wildman–Crippen LogP) is 3.51. The fourth-order valence-electron chi connectivity index (χ4n) is 2.19. The maximum atomic E-state index is 3.62. The van der Waals surface area contributed by atoms with Gasteiger partial charge < -0.3 is 5.32 Å². The highest BCUT2D eigenvalue weighted by atomic mass is 14.9. The van der Waals surface area contributed by atoms with Crippen molar-refractivity contribution in [2.24, 2.45) is 5.92 Å². The molecule has 2 atom stereocenters. The Bertz CT molecular complexity index is 199. The third-order valence-electron chi connectivity index (χ3n) is 3.81. The Kier molecular flexibility index (Phi) is 4.67. The maximum Gasteiger partial charge on any atom is 0.0279 e. The molecule has 1 heterocycles. The first-order chi connectivity index (χ1) is 6.66. The van der Waals surface area contributed by atoms with Crippen molar-refractivity contribution in [3.8, 4) is 0 Å². The average molecular weight is 195 g/mol. The lowest BCUT2D eigenvalue weighted by Gasteiger charge is -2.27. The van der Waals surface area contributed by atoms with Crippen LogP contribution in [0.1, 0.15) is 53.4 Å². The Balaban J connectivity index is 2.64. The van der Waals surface area contributed by atoms with E-state index in [-0.39, 0.29) is 0 Å². The molecule has 0 aromatic carbocycles. The van der Waals surface area contributed by atoms with Crippen molar-refractivity contribution in [2.75, 3.05) is 6.54 Å². The van der Waals surface area contributed by atoms with Crippen molar-refractivity contribution in [1.82, 2.24) is 5.32 Å². The topological polar surface area (TPSA) is 12.0 Å². The summed E-state index contributed by atoms with van der Waals surface area (Å²) >= 11 is 0. The molecule has 2 unspecified atom stereocenters. The van der Waals surface area contributed by atoms with Crippen LogP contribution in [0.5, 0.6) is 0 Å². The molecule has 0 aromatic rings. The first-order valence-corrected chi connectivity index (χ1v) is 6.07. The highest BCUT2D eigenvalue weighted by Gasteiger charge is 2.17. The van der Waals surface area contributed by atoms with E-state index in [0.29, 0.717) is 6.04 Å². The molecule has 1 fully saturated rings. The van der Waals surface area contributed by atoms with E-state index in [9.17, 15) is 0 Å². The lowest BCUT2D eigenvalue weighted by molar-refractivity contribution is 0.434. The Morgan fingerprint density at radius 2 is 2.07 bits per heavy atom. The van der Waals surface area contributed by atoms with Gasteiger partial charge in [-0.25, -0.2) is 0 Å². The van der Waals surface area contributed by atoms with E-state index in [1.54, 1.807) is 11.1 Å². The minimum Gasteiger partial charge on any atom is -0.310 e. The van der Waals surface area contributed by atoms with Crippen molar-refractivity contribution in [1.29, 1.82) is 0 Å². The van der Waals surface area contributed by atoms with Crippen molar-refractivity contribution in [3.05, 3.63) is 11.1 Å². The Morgan fingerprint density at radius 1 is 1.36 bits per heavy atom. The van der Waals surface area contributed by atoms with Crippen LogP contribution in [0.4, 0.5) is 0 Å². The van der Waals surface area contributed by atoms with E-state index < -0.39 is 0 Å². The summed E-state index contributed by atoms with van der Waals surface area (Å²) in [5, 5.41) is 3.62. The molecule has 1 nitrogen and oxygen atoms in total. The van der Waals surface area contributed by atoms with Crippen molar-refractivity contribution < 1.29 is 0 Å². The third-order valence-corrected chi connectivity index (χ3v) is 3.81. The molecule has 1 saturated heterocycles. The monoisotopic (exact) mass is 195 g/mol. The molecule has 1 rings (SSSR count). The number of rotatable bonds is 3. The summed E-state index contributed by atoms with van der Waals surface area (Å²) in [7, 11) is 0. The largest absolute Gasteiger partial charge is 0.310 e. The third kappa shape index (κ3) is 2.84. The van der Waals surface area contributed by atoms with Crippen LogP contribution in [0, 0.1) is 5.92 Å². The normalized spacial score (nSPS) is 27.0. The van der Waals surface area contributed by atoms with Gasteiger partial charge in [0.05, 0.1) is 0 Å². The highest BCUT2D eigenvalue weighted by molar-refractivity contribution is 5.18. The van der Waals surface area contributed by atoms with Crippen LogP contribution >= 0.6 is 0 Å². The zero-order valence-corrected chi connectivity index (χ0v) is 10.2. The summed E-state index contributed by atoms with van der Waals surface area (Å²) < 4.78 is 0. The van der Waals surface area contributed by atoms with Crippen molar-refractivity contribution in [2.45, 2.75) is 59.4 Å². The zero-order valence-electron chi connectivity index (χ0n) is 10.2. The fourth-order valence-corrected chi connectivity index (χ4v) is 2.19. The number of hydrogen-bond donors (Lipinski definition) is 1. The van der Waals surface area contributed by atoms with Crippen LogP contribution in [-0.4, -0.2) is 12.6 Å². The van der Waals surface area contributed by atoms with Crippen LogP contribution in [-0.2, 0) is 0 Å². The first-order valence-electron chi connectivity index (χ1n) is 6.07. The van der Waals surface area contributed by atoms with E-state index in [1.165, 1.54) is 32.2 Å². The average Bonchev–Trinajstić information content (AvgIpc) is 2.27. The van der Waals surface area contributed by atoms with E-state index >= 15 is 0 Å². The van der Waals surface area contributed by atoms with Crippen LogP contribution < -0.4 is 5.32 Å². The van der Waals surface area contributed by atoms with Gasteiger partial charge in [-0.15, -0.1) is 0 Å². The summed E-state index contributed by atoms with van der Waals surface area (Å²) in [4.78, 5) is 0. The molecule has 1 aliphatic rings. The van der Waals surface area contributed by atoms with Crippen LogP contribution in [0.2, 0.25) is 0 Å². The molecule has 0 aliphatic carbocycles. The molecule has 1 aliphatic heterocycles. The van der Waals surface area contributed by atoms with E-state index in [2.05, 4.69) is 33.0 Å². The summed E-state index contributed by atoms with van der Waals surface area (Å²) in [5.41, 5.74) is 3.20. The summed E-state index contributed by atoms with van der Waals surface area (Å²) in [6, 6.07) is 0.665. The standard InChI is InChI=1S/C13H25N/c1-5-10(2)11(3)12(4)13-8-6-7-9-14-13/h10,13-14H,5-9H2,1-4H3/b12-11+. The molecule has 0 radical (unpaired) electrons.